The summed E-state index contributed by atoms with van der Waals surface area (Å²) in [5.41, 5.74) is 5.72. The molecule has 0 aromatic heterocycles. The molecule has 3 atom stereocenters. The van der Waals surface area contributed by atoms with Gasteiger partial charge >= 0.3 is 5.97 Å². The number of carbonyl (C=O) groups is 2. The first-order chi connectivity index (χ1) is 8.00. The van der Waals surface area contributed by atoms with Crippen molar-refractivity contribution in [2.24, 2.45) is 17.6 Å². The Morgan fingerprint density at radius 2 is 2.24 bits per heavy atom. The van der Waals surface area contributed by atoms with Gasteiger partial charge in [-0.2, -0.15) is 0 Å². The Hall–Kier alpha value is -1.14. The van der Waals surface area contributed by atoms with Gasteiger partial charge in [0.05, 0.1) is 19.1 Å². The van der Waals surface area contributed by atoms with Gasteiger partial charge in [0.2, 0.25) is 5.91 Å². The Bertz CT molecular complexity index is 283. The highest BCUT2D eigenvalue weighted by molar-refractivity contribution is 5.79. The van der Waals surface area contributed by atoms with Crippen molar-refractivity contribution in [3.05, 3.63) is 0 Å². The molecule has 6 heteroatoms. The Morgan fingerprint density at radius 1 is 1.53 bits per heavy atom. The van der Waals surface area contributed by atoms with Gasteiger partial charge in [-0.25, -0.2) is 0 Å². The molecule has 0 aromatic rings. The van der Waals surface area contributed by atoms with Crippen molar-refractivity contribution in [3.8, 4) is 0 Å². The van der Waals surface area contributed by atoms with Gasteiger partial charge in [-0.3, -0.25) is 9.59 Å². The highest BCUT2D eigenvalue weighted by Crippen LogP contribution is 2.12. The topological polar surface area (TPSA) is 102 Å². The molecule has 1 saturated heterocycles. The van der Waals surface area contributed by atoms with Crippen LogP contribution >= 0.6 is 0 Å². The molecule has 6 nitrogen and oxygen atoms in total. The van der Waals surface area contributed by atoms with E-state index in [1.54, 1.807) is 0 Å². The van der Waals surface area contributed by atoms with Crippen molar-refractivity contribution < 1.29 is 19.4 Å². The van der Waals surface area contributed by atoms with Crippen LogP contribution in [0.3, 0.4) is 0 Å². The molecule has 4 N–H and O–H groups in total. The fourth-order valence-corrected chi connectivity index (χ4v) is 1.72. The van der Waals surface area contributed by atoms with Crippen molar-refractivity contribution in [1.29, 1.82) is 0 Å². The second kappa shape index (κ2) is 6.56. The molecule has 0 saturated carbocycles. The van der Waals surface area contributed by atoms with E-state index in [-0.39, 0.29) is 30.2 Å². The molecule has 3 unspecified atom stereocenters. The van der Waals surface area contributed by atoms with Crippen LogP contribution in [0.4, 0.5) is 0 Å². The molecule has 0 spiro atoms. The number of nitrogens with two attached hydrogens (primary N) is 1. The summed E-state index contributed by atoms with van der Waals surface area (Å²) in [5.74, 6) is -1.04. The number of carboxylic acids is 1. The van der Waals surface area contributed by atoms with Gasteiger partial charge in [0.25, 0.3) is 0 Å². The van der Waals surface area contributed by atoms with E-state index >= 15 is 0 Å². The van der Waals surface area contributed by atoms with E-state index < -0.39 is 5.97 Å². The maximum absolute atomic E-state index is 11.7. The molecular weight excluding hydrogens is 224 g/mol. The lowest BCUT2D eigenvalue weighted by molar-refractivity contribution is -0.137. The number of ether oxygens (including phenoxy) is 1. The summed E-state index contributed by atoms with van der Waals surface area (Å²) >= 11 is 0. The van der Waals surface area contributed by atoms with Crippen LogP contribution in [-0.2, 0) is 14.3 Å². The standard InChI is InChI=1S/C11H20N2O4/c1-7(2-3-10(14)15)4-13-11(16)8-5-17-6-9(8)12/h7-9H,2-6,12H2,1H3,(H,13,16)(H,14,15). The van der Waals surface area contributed by atoms with Crippen LogP contribution in [0, 0.1) is 11.8 Å². The summed E-state index contributed by atoms with van der Waals surface area (Å²) in [5, 5.41) is 11.3. The third-order valence-corrected chi connectivity index (χ3v) is 2.94. The summed E-state index contributed by atoms with van der Waals surface area (Å²) in [6.45, 7) is 3.19. The summed E-state index contributed by atoms with van der Waals surface area (Å²) < 4.78 is 5.11. The maximum atomic E-state index is 11.7. The summed E-state index contributed by atoms with van der Waals surface area (Å²) in [6, 6.07) is -0.232. The summed E-state index contributed by atoms with van der Waals surface area (Å²) in [7, 11) is 0. The fraction of sp³-hybridized carbons (Fsp3) is 0.818. The van der Waals surface area contributed by atoms with E-state index in [0.717, 1.165) is 0 Å². The smallest absolute Gasteiger partial charge is 0.303 e. The van der Waals surface area contributed by atoms with Gasteiger partial charge in [0, 0.05) is 19.0 Å². The van der Waals surface area contributed by atoms with Gasteiger partial charge in [0.15, 0.2) is 0 Å². The zero-order valence-electron chi connectivity index (χ0n) is 10.0. The first kappa shape index (κ1) is 13.9. The van der Waals surface area contributed by atoms with E-state index in [9.17, 15) is 9.59 Å². The zero-order chi connectivity index (χ0) is 12.8. The van der Waals surface area contributed by atoms with Crippen molar-refractivity contribution in [1.82, 2.24) is 5.32 Å². The third kappa shape index (κ3) is 4.70. The number of hydrogen-bond donors (Lipinski definition) is 3. The predicted octanol–water partition coefficient (Wildman–Crippen LogP) is -0.423. The Balaban J connectivity index is 2.21. The van der Waals surface area contributed by atoms with Crippen molar-refractivity contribution in [3.63, 3.8) is 0 Å². The zero-order valence-corrected chi connectivity index (χ0v) is 10.0. The number of hydrogen-bond acceptors (Lipinski definition) is 4. The van der Waals surface area contributed by atoms with E-state index in [2.05, 4.69) is 5.32 Å². The first-order valence-corrected chi connectivity index (χ1v) is 5.83. The van der Waals surface area contributed by atoms with Crippen LogP contribution in [0.2, 0.25) is 0 Å². The van der Waals surface area contributed by atoms with Gasteiger partial charge in [0.1, 0.15) is 0 Å². The van der Waals surface area contributed by atoms with E-state index in [4.69, 9.17) is 15.6 Å². The molecule has 0 aromatic carbocycles. The third-order valence-electron chi connectivity index (χ3n) is 2.94. The van der Waals surface area contributed by atoms with Gasteiger partial charge in [-0.1, -0.05) is 6.92 Å². The normalized spacial score (nSPS) is 25.5. The molecule has 0 bridgehead atoms. The van der Waals surface area contributed by atoms with E-state index in [1.165, 1.54) is 0 Å². The lowest BCUT2D eigenvalue weighted by atomic mass is 10.0. The van der Waals surface area contributed by atoms with Gasteiger partial charge in [-0.05, 0) is 12.3 Å². The minimum atomic E-state index is -0.811. The average Bonchev–Trinajstić information content (AvgIpc) is 2.69. The Kier molecular flexibility index (Phi) is 5.37. The minimum absolute atomic E-state index is 0.0998. The molecule has 1 aliphatic rings. The van der Waals surface area contributed by atoms with Crippen LogP contribution < -0.4 is 11.1 Å². The monoisotopic (exact) mass is 244 g/mol. The lowest BCUT2D eigenvalue weighted by Gasteiger charge is -2.16. The first-order valence-electron chi connectivity index (χ1n) is 5.83. The minimum Gasteiger partial charge on any atom is -0.481 e. The molecule has 0 radical (unpaired) electrons. The van der Waals surface area contributed by atoms with Crippen molar-refractivity contribution in [2.75, 3.05) is 19.8 Å². The summed E-state index contributed by atoms with van der Waals surface area (Å²) in [6.07, 6.45) is 0.686. The molecule has 0 aliphatic carbocycles. The van der Waals surface area contributed by atoms with Crippen LogP contribution in [0.25, 0.3) is 0 Å². The maximum Gasteiger partial charge on any atom is 0.303 e. The predicted molar refractivity (Wildman–Crippen MR) is 61.3 cm³/mol. The molecular formula is C11H20N2O4. The van der Waals surface area contributed by atoms with E-state index in [0.29, 0.717) is 26.2 Å². The Labute approximate surface area is 101 Å². The number of carbonyl (C=O) groups excluding carboxylic acids is 1. The molecule has 1 aliphatic heterocycles. The lowest BCUT2D eigenvalue weighted by Crippen LogP contribution is -2.42. The van der Waals surface area contributed by atoms with Gasteiger partial charge in [-0.15, -0.1) is 0 Å². The highest BCUT2D eigenvalue weighted by atomic mass is 16.5. The Morgan fingerprint density at radius 3 is 2.76 bits per heavy atom. The van der Waals surface area contributed by atoms with Crippen LogP contribution in [-0.4, -0.2) is 42.8 Å². The van der Waals surface area contributed by atoms with E-state index in [1.807, 2.05) is 6.92 Å². The number of amides is 1. The number of carboxylic acid groups (broad SMARTS) is 1. The molecule has 1 heterocycles. The fourth-order valence-electron chi connectivity index (χ4n) is 1.72. The molecule has 98 valence electrons. The van der Waals surface area contributed by atoms with Crippen LogP contribution in [0.5, 0.6) is 0 Å². The number of nitrogens with one attached hydrogen (secondary N) is 1. The summed E-state index contributed by atoms with van der Waals surface area (Å²) in [4.78, 5) is 22.1. The van der Waals surface area contributed by atoms with Gasteiger partial charge < -0.3 is 20.9 Å². The molecule has 1 amide bonds. The largest absolute Gasteiger partial charge is 0.481 e. The number of aliphatic carboxylic acids is 1. The van der Waals surface area contributed by atoms with Crippen molar-refractivity contribution >= 4 is 11.9 Å². The van der Waals surface area contributed by atoms with Crippen molar-refractivity contribution in [2.45, 2.75) is 25.8 Å². The SMILES string of the molecule is CC(CCC(=O)O)CNC(=O)C1COCC1N. The average molecular weight is 244 g/mol. The number of rotatable bonds is 6. The second-order valence-corrected chi connectivity index (χ2v) is 4.59. The molecule has 1 fully saturated rings. The second-order valence-electron chi connectivity index (χ2n) is 4.59. The van der Waals surface area contributed by atoms with Crippen LogP contribution in [0.15, 0.2) is 0 Å². The highest BCUT2D eigenvalue weighted by Gasteiger charge is 2.31. The molecule has 1 rings (SSSR count). The van der Waals surface area contributed by atoms with Crippen LogP contribution in [0.1, 0.15) is 19.8 Å². The quantitative estimate of drug-likeness (QED) is 0.589. The molecule has 17 heavy (non-hydrogen) atoms.